The van der Waals surface area contributed by atoms with Crippen LogP contribution in [0.1, 0.15) is 18.6 Å². The normalized spacial score (nSPS) is 15.4. The molecule has 0 aromatic carbocycles. The predicted octanol–water partition coefficient (Wildman–Crippen LogP) is 1.41. The van der Waals surface area contributed by atoms with E-state index in [1.165, 1.54) is 12.8 Å². The van der Waals surface area contributed by atoms with Gasteiger partial charge in [-0.25, -0.2) is 0 Å². The average Bonchev–Trinajstić information content (AvgIpc) is 2.78. The molecule has 0 unspecified atom stereocenters. The van der Waals surface area contributed by atoms with Crippen LogP contribution >= 0.6 is 12.2 Å². The van der Waals surface area contributed by atoms with E-state index in [1.54, 1.807) is 6.26 Å². The van der Waals surface area contributed by atoms with E-state index in [0.29, 0.717) is 12.6 Å². The number of rotatable bonds is 3. The highest BCUT2D eigenvalue weighted by atomic mass is 32.1. The average molecular weight is 196 g/mol. The van der Waals surface area contributed by atoms with Crippen molar-refractivity contribution in [2.24, 2.45) is 0 Å². The Morgan fingerprint density at radius 1 is 1.62 bits per heavy atom. The van der Waals surface area contributed by atoms with Crippen LogP contribution < -0.4 is 10.6 Å². The minimum Gasteiger partial charge on any atom is -0.467 e. The van der Waals surface area contributed by atoms with Crippen molar-refractivity contribution >= 4 is 17.3 Å². The molecule has 1 saturated carbocycles. The zero-order valence-corrected chi connectivity index (χ0v) is 8.06. The molecule has 4 heteroatoms. The molecule has 70 valence electrons. The van der Waals surface area contributed by atoms with E-state index in [0.717, 1.165) is 10.9 Å². The quantitative estimate of drug-likeness (QED) is 0.717. The molecule has 0 aliphatic heterocycles. The van der Waals surface area contributed by atoms with Gasteiger partial charge in [0.2, 0.25) is 0 Å². The molecule has 2 N–H and O–H groups in total. The maximum Gasteiger partial charge on any atom is 0.166 e. The molecule has 2 rings (SSSR count). The van der Waals surface area contributed by atoms with Crippen LogP contribution in [0.4, 0.5) is 0 Å². The van der Waals surface area contributed by atoms with Crippen LogP contribution in [0.15, 0.2) is 22.8 Å². The molecule has 3 nitrogen and oxygen atoms in total. The summed E-state index contributed by atoms with van der Waals surface area (Å²) in [4.78, 5) is 0. The smallest absolute Gasteiger partial charge is 0.166 e. The van der Waals surface area contributed by atoms with Gasteiger partial charge in [0.05, 0.1) is 12.8 Å². The van der Waals surface area contributed by atoms with Crippen LogP contribution in [0.3, 0.4) is 0 Å². The third kappa shape index (κ3) is 2.73. The van der Waals surface area contributed by atoms with E-state index < -0.39 is 0 Å². The van der Waals surface area contributed by atoms with Crippen LogP contribution in [0, 0.1) is 0 Å². The first-order valence-electron chi connectivity index (χ1n) is 4.41. The van der Waals surface area contributed by atoms with Crippen molar-refractivity contribution < 1.29 is 4.42 Å². The molecule has 0 amide bonds. The largest absolute Gasteiger partial charge is 0.467 e. The van der Waals surface area contributed by atoms with Gasteiger partial charge in [0.25, 0.3) is 0 Å². The summed E-state index contributed by atoms with van der Waals surface area (Å²) in [7, 11) is 0. The molecule has 0 radical (unpaired) electrons. The number of nitrogens with one attached hydrogen (secondary N) is 2. The van der Waals surface area contributed by atoms with Crippen molar-refractivity contribution in [3.05, 3.63) is 24.2 Å². The first-order valence-corrected chi connectivity index (χ1v) is 4.82. The Kier molecular flexibility index (Phi) is 2.49. The summed E-state index contributed by atoms with van der Waals surface area (Å²) < 4.78 is 5.15. The molecule has 1 fully saturated rings. The first-order chi connectivity index (χ1) is 6.34. The van der Waals surface area contributed by atoms with Crippen molar-refractivity contribution in [2.45, 2.75) is 25.4 Å². The summed E-state index contributed by atoms with van der Waals surface area (Å²) in [5, 5.41) is 7.00. The minimum absolute atomic E-state index is 0.608. The van der Waals surface area contributed by atoms with Gasteiger partial charge in [0, 0.05) is 6.04 Å². The third-order valence-electron chi connectivity index (χ3n) is 1.92. The Morgan fingerprint density at radius 2 is 2.46 bits per heavy atom. The van der Waals surface area contributed by atoms with Crippen molar-refractivity contribution in [3.63, 3.8) is 0 Å². The Bertz CT molecular complexity index is 280. The predicted molar refractivity (Wildman–Crippen MR) is 54.3 cm³/mol. The lowest BCUT2D eigenvalue weighted by Gasteiger charge is -2.07. The summed E-state index contributed by atoms with van der Waals surface area (Å²) in [6, 6.07) is 4.40. The molecule has 1 aromatic rings. The molecule has 0 atom stereocenters. The lowest BCUT2D eigenvalue weighted by atomic mass is 10.4. The highest BCUT2D eigenvalue weighted by Crippen LogP contribution is 2.18. The topological polar surface area (TPSA) is 37.2 Å². The van der Waals surface area contributed by atoms with Crippen LogP contribution in [0.25, 0.3) is 0 Å². The zero-order valence-electron chi connectivity index (χ0n) is 7.25. The van der Waals surface area contributed by atoms with Gasteiger partial charge < -0.3 is 15.1 Å². The standard InChI is InChI=1S/C9H12N2OS/c13-9(11-7-3-4-7)10-6-8-2-1-5-12-8/h1-2,5,7H,3-4,6H2,(H2,10,11,13). The van der Waals surface area contributed by atoms with Gasteiger partial charge in [-0.05, 0) is 37.2 Å². The fourth-order valence-electron chi connectivity index (χ4n) is 1.04. The molecule has 0 spiro atoms. The molecular formula is C9H12N2OS. The molecular weight excluding hydrogens is 184 g/mol. The van der Waals surface area contributed by atoms with E-state index in [2.05, 4.69) is 10.6 Å². The van der Waals surface area contributed by atoms with Gasteiger partial charge in [-0.2, -0.15) is 0 Å². The SMILES string of the molecule is S=C(NCc1ccco1)NC1CC1. The molecule has 1 aromatic heterocycles. The maximum atomic E-state index is 5.15. The van der Waals surface area contributed by atoms with Crippen LogP contribution in [0.5, 0.6) is 0 Å². The second-order valence-electron chi connectivity index (χ2n) is 3.18. The van der Waals surface area contributed by atoms with Crippen molar-refractivity contribution in [1.82, 2.24) is 10.6 Å². The minimum atomic E-state index is 0.608. The fourth-order valence-corrected chi connectivity index (χ4v) is 1.28. The summed E-state index contributed by atoms with van der Waals surface area (Å²) in [5.74, 6) is 0.903. The van der Waals surface area contributed by atoms with E-state index in [-0.39, 0.29) is 0 Å². The molecule has 1 aliphatic rings. The van der Waals surface area contributed by atoms with Gasteiger partial charge in [-0.3, -0.25) is 0 Å². The summed E-state index contributed by atoms with van der Waals surface area (Å²) >= 11 is 5.08. The van der Waals surface area contributed by atoms with Gasteiger partial charge in [0.15, 0.2) is 5.11 Å². The zero-order chi connectivity index (χ0) is 9.10. The van der Waals surface area contributed by atoms with E-state index in [9.17, 15) is 0 Å². The Balaban J connectivity index is 1.69. The lowest BCUT2D eigenvalue weighted by molar-refractivity contribution is 0.502. The van der Waals surface area contributed by atoms with E-state index >= 15 is 0 Å². The second-order valence-corrected chi connectivity index (χ2v) is 3.59. The number of furan rings is 1. The molecule has 0 saturated heterocycles. The lowest BCUT2D eigenvalue weighted by Crippen LogP contribution is -2.35. The monoisotopic (exact) mass is 196 g/mol. The summed E-state index contributed by atoms with van der Waals surface area (Å²) in [6.07, 6.45) is 4.14. The Hall–Kier alpha value is -1.03. The van der Waals surface area contributed by atoms with Crippen LogP contribution in [-0.4, -0.2) is 11.2 Å². The van der Waals surface area contributed by atoms with E-state index in [1.807, 2.05) is 12.1 Å². The van der Waals surface area contributed by atoms with Crippen LogP contribution in [-0.2, 0) is 6.54 Å². The highest BCUT2D eigenvalue weighted by Gasteiger charge is 2.21. The van der Waals surface area contributed by atoms with Crippen molar-refractivity contribution in [3.8, 4) is 0 Å². The molecule has 13 heavy (non-hydrogen) atoms. The van der Waals surface area contributed by atoms with Gasteiger partial charge in [-0.15, -0.1) is 0 Å². The molecule has 0 bridgehead atoms. The number of hydrogen-bond acceptors (Lipinski definition) is 2. The Morgan fingerprint density at radius 3 is 3.08 bits per heavy atom. The number of thiocarbonyl (C=S) groups is 1. The van der Waals surface area contributed by atoms with Crippen molar-refractivity contribution in [1.29, 1.82) is 0 Å². The molecule has 1 aliphatic carbocycles. The van der Waals surface area contributed by atoms with Crippen molar-refractivity contribution in [2.75, 3.05) is 0 Å². The third-order valence-corrected chi connectivity index (χ3v) is 2.18. The molecule has 1 heterocycles. The van der Waals surface area contributed by atoms with Gasteiger partial charge >= 0.3 is 0 Å². The fraction of sp³-hybridized carbons (Fsp3) is 0.444. The highest BCUT2D eigenvalue weighted by molar-refractivity contribution is 7.80. The second kappa shape index (κ2) is 3.79. The first kappa shape index (κ1) is 8.56. The summed E-state index contributed by atoms with van der Waals surface area (Å²) in [6.45, 7) is 0.658. The van der Waals surface area contributed by atoms with Gasteiger partial charge in [-0.1, -0.05) is 0 Å². The van der Waals surface area contributed by atoms with E-state index in [4.69, 9.17) is 16.6 Å². The number of hydrogen-bond donors (Lipinski definition) is 2. The summed E-state index contributed by atoms with van der Waals surface area (Å²) in [5.41, 5.74) is 0. The van der Waals surface area contributed by atoms with Crippen LogP contribution in [0.2, 0.25) is 0 Å². The Labute approximate surface area is 82.5 Å². The maximum absolute atomic E-state index is 5.15. The van der Waals surface area contributed by atoms with Gasteiger partial charge in [0.1, 0.15) is 5.76 Å².